The van der Waals surface area contributed by atoms with Crippen LogP contribution < -0.4 is 0 Å². The van der Waals surface area contributed by atoms with Crippen molar-refractivity contribution in [3.8, 4) is 0 Å². The zero-order valence-electron chi connectivity index (χ0n) is 20.8. The number of amides is 3. The summed E-state index contributed by atoms with van der Waals surface area (Å²) in [6, 6.07) is 14.4. The zero-order valence-corrected chi connectivity index (χ0v) is 20.8. The average Bonchev–Trinajstić information content (AvgIpc) is 3.08. The van der Waals surface area contributed by atoms with E-state index in [2.05, 4.69) is 0 Å². The summed E-state index contributed by atoms with van der Waals surface area (Å²) in [5, 5.41) is 0. The van der Waals surface area contributed by atoms with Crippen LogP contribution in [0, 0.1) is 0 Å². The van der Waals surface area contributed by atoms with Crippen molar-refractivity contribution in [2.75, 3.05) is 26.2 Å². The van der Waals surface area contributed by atoms with E-state index in [9.17, 15) is 27.6 Å². The van der Waals surface area contributed by atoms with Crippen molar-refractivity contribution in [2.24, 2.45) is 0 Å². The Morgan fingerprint density at radius 1 is 0.919 bits per heavy atom. The Bertz CT molecular complexity index is 1110. The molecule has 2 aromatic rings. The minimum atomic E-state index is -4.47. The van der Waals surface area contributed by atoms with E-state index in [-0.39, 0.29) is 49.9 Å². The highest BCUT2D eigenvalue weighted by atomic mass is 19.4. The molecule has 0 bridgehead atoms. The molecule has 2 saturated heterocycles. The van der Waals surface area contributed by atoms with Crippen LogP contribution >= 0.6 is 0 Å². The molecule has 0 N–H and O–H groups in total. The number of benzene rings is 2. The van der Waals surface area contributed by atoms with Crippen LogP contribution in [-0.4, -0.2) is 64.6 Å². The van der Waals surface area contributed by atoms with Crippen molar-refractivity contribution in [3.05, 3.63) is 71.3 Å². The second-order valence-electron chi connectivity index (χ2n) is 9.80. The van der Waals surface area contributed by atoms with Crippen LogP contribution in [-0.2, 0) is 33.5 Å². The van der Waals surface area contributed by atoms with Crippen LogP contribution in [0.1, 0.15) is 48.8 Å². The molecule has 0 spiro atoms. The summed E-state index contributed by atoms with van der Waals surface area (Å²) >= 11 is 0. The lowest BCUT2D eigenvalue weighted by Gasteiger charge is -2.42. The third kappa shape index (κ3) is 7.11. The highest BCUT2D eigenvalue weighted by Crippen LogP contribution is 2.30. The average molecular weight is 516 g/mol. The summed E-state index contributed by atoms with van der Waals surface area (Å²) in [5.74, 6) is -0.620. The molecule has 198 valence electrons. The lowest BCUT2D eigenvalue weighted by atomic mass is 10.00. The molecule has 2 aromatic carbocycles. The first kappa shape index (κ1) is 26.7. The van der Waals surface area contributed by atoms with E-state index >= 15 is 0 Å². The maximum Gasteiger partial charge on any atom is 0.416 e. The van der Waals surface area contributed by atoms with Crippen LogP contribution in [0.3, 0.4) is 0 Å². The fourth-order valence-corrected chi connectivity index (χ4v) is 5.02. The zero-order chi connectivity index (χ0) is 26.4. The van der Waals surface area contributed by atoms with E-state index < -0.39 is 11.7 Å². The molecule has 1 atom stereocenters. The van der Waals surface area contributed by atoms with Gasteiger partial charge in [-0.1, -0.05) is 48.9 Å². The topological polar surface area (TPSA) is 60.9 Å². The molecule has 0 radical (unpaired) electrons. The number of halogens is 3. The van der Waals surface area contributed by atoms with Gasteiger partial charge in [-0.2, -0.15) is 13.2 Å². The van der Waals surface area contributed by atoms with Gasteiger partial charge in [0.05, 0.1) is 24.7 Å². The number of alkyl halides is 3. The fourth-order valence-electron chi connectivity index (χ4n) is 5.02. The van der Waals surface area contributed by atoms with Gasteiger partial charge in [0.25, 0.3) is 0 Å². The number of rotatable bonds is 7. The molecular weight excluding hydrogens is 483 g/mol. The summed E-state index contributed by atoms with van der Waals surface area (Å²) in [5.41, 5.74) is 0.713. The van der Waals surface area contributed by atoms with Crippen molar-refractivity contribution in [1.29, 1.82) is 0 Å². The minimum absolute atomic E-state index is 0.0366. The summed E-state index contributed by atoms with van der Waals surface area (Å²) in [6.07, 6.45) is -0.212. The number of hydrogen-bond acceptors (Lipinski definition) is 3. The second kappa shape index (κ2) is 11.8. The van der Waals surface area contributed by atoms with E-state index in [4.69, 9.17) is 0 Å². The standard InChI is InChI=1S/C28H32F3N3O3/c29-28(30,31)23-11-7-10-22(16-23)17-34-24(14-13-21-8-3-1-4-9-21)18-33(20-27(34)37)26(36)19-32-15-6-2-5-12-25(32)35/h1,3-4,7-11,16,24H,2,5-6,12-15,17-20H2/t24-/m0/s1. The van der Waals surface area contributed by atoms with Gasteiger partial charge in [0.15, 0.2) is 0 Å². The SMILES string of the molecule is O=C1CCCCCN1CC(=O)N1CC(=O)N(Cc2cccc(C(F)(F)F)c2)[C@@H](CCc2ccccc2)C1. The van der Waals surface area contributed by atoms with Crippen LogP contribution in [0.15, 0.2) is 54.6 Å². The minimum Gasteiger partial charge on any atom is -0.333 e. The predicted octanol–water partition coefficient (Wildman–Crippen LogP) is 4.28. The molecule has 2 heterocycles. The molecule has 0 unspecified atom stereocenters. The number of carbonyl (C=O) groups excluding carboxylic acids is 3. The van der Waals surface area contributed by atoms with Gasteiger partial charge in [0, 0.05) is 26.1 Å². The predicted molar refractivity (Wildman–Crippen MR) is 132 cm³/mol. The van der Waals surface area contributed by atoms with Gasteiger partial charge in [-0.25, -0.2) is 0 Å². The van der Waals surface area contributed by atoms with E-state index in [1.165, 1.54) is 11.0 Å². The van der Waals surface area contributed by atoms with Crippen LogP contribution in [0.5, 0.6) is 0 Å². The number of piperazine rings is 1. The lowest BCUT2D eigenvalue weighted by molar-refractivity contribution is -0.151. The van der Waals surface area contributed by atoms with Crippen molar-refractivity contribution in [2.45, 2.75) is 57.3 Å². The maximum atomic E-state index is 13.3. The molecule has 0 aromatic heterocycles. The third-order valence-electron chi connectivity index (χ3n) is 7.08. The van der Waals surface area contributed by atoms with Gasteiger partial charge in [0.2, 0.25) is 17.7 Å². The number of hydrogen-bond donors (Lipinski definition) is 0. The summed E-state index contributed by atoms with van der Waals surface area (Å²) < 4.78 is 39.7. The molecule has 9 heteroatoms. The first-order chi connectivity index (χ1) is 17.7. The number of nitrogens with zero attached hydrogens (tertiary/aromatic N) is 3. The van der Waals surface area contributed by atoms with Crippen LogP contribution in [0.2, 0.25) is 0 Å². The van der Waals surface area contributed by atoms with E-state index in [1.807, 2.05) is 30.3 Å². The first-order valence-electron chi connectivity index (χ1n) is 12.8. The van der Waals surface area contributed by atoms with Gasteiger partial charge in [-0.15, -0.1) is 0 Å². The Morgan fingerprint density at radius 3 is 2.43 bits per heavy atom. The van der Waals surface area contributed by atoms with Crippen molar-refractivity contribution in [3.63, 3.8) is 0 Å². The number of carbonyl (C=O) groups is 3. The second-order valence-corrected chi connectivity index (χ2v) is 9.80. The fraction of sp³-hybridized carbons (Fsp3) is 0.464. The molecule has 0 aliphatic carbocycles. The Kier molecular flexibility index (Phi) is 8.51. The van der Waals surface area contributed by atoms with Crippen molar-refractivity contribution < 1.29 is 27.6 Å². The normalized spacial score (nSPS) is 19.2. The molecule has 0 saturated carbocycles. The Labute approximate surface area is 215 Å². The van der Waals surface area contributed by atoms with Gasteiger partial charge >= 0.3 is 6.18 Å². The van der Waals surface area contributed by atoms with Crippen LogP contribution in [0.4, 0.5) is 13.2 Å². The highest BCUT2D eigenvalue weighted by Gasteiger charge is 2.36. The van der Waals surface area contributed by atoms with Crippen LogP contribution in [0.25, 0.3) is 0 Å². The molecule has 2 fully saturated rings. The third-order valence-corrected chi connectivity index (χ3v) is 7.08. The van der Waals surface area contributed by atoms with E-state index in [0.717, 1.165) is 37.0 Å². The Hall–Kier alpha value is -3.36. The van der Waals surface area contributed by atoms with Gasteiger partial charge in [-0.3, -0.25) is 14.4 Å². The molecule has 4 rings (SSSR count). The number of likely N-dealkylation sites (tertiary alicyclic amines) is 1. The summed E-state index contributed by atoms with van der Waals surface area (Å²) in [4.78, 5) is 43.5. The van der Waals surface area contributed by atoms with Gasteiger partial charge in [0.1, 0.15) is 0 Å². The van der Waals surface area contributed by atoms with Gasteiger partial charge < -0.3 is 14.7 Å². The highest BCUT2D eigenvalue weighted by molar-refractivity contribution is 5.89. The summed E-state index contributed by atoms with van der Waals surface area (Å²) in [7, 11) is 0. The maximum absolute atomic E-state index is 13.3. The van der Waals surface area contributed by atoms with E-state index in [0.29, 0.717) is 31.4 Å². The Morgan fingerprint density at radius 2 is 1.68 bits per heavy atom. The Balaban J connectivity index is 1.50. The number of aryl methyl sites for hydroxylation is 1. The monoisotopic (exact) mass is 515 g/mol. The first-order valence-corrected chi connectivity index (χ1v) is 12.8. The summed E-state index contributed by atoms with van der Waals surface area (Å²) in [6.45, 7) is 0.644. The molecule has 6 nitrogen and oxygen atoms in total. The molecule has 37 heavy (non-hydrogen) atoms. The largest absolute Gasteiger partial charge is 0.416 e. The molecular formula is C28H32F3N3O3. The lowest BCUT2D eigenvalue weighted by Crippen LogP contribution is -2.59. The van der Waals surface area contributed by atoms with Crippen molar-refractivity contribution in [1.82, 2.24) is 14.7 Å². The van der Waals surface area contributed by atoms with E-state index in [1.54, 1.807) is 15.9 Å². The smallest absolute Gasteiger partial charge is 0.333 e. The molecule has 2 aliphatic rings. The van der Waals surface area contributed by atoms with Crippen molar-refractivity contribution >= 4 is 17.7 Å². The quantitative estimate of drug-likeness (QED) is 0.553. The molecule has 3 amide bonds. The molecule has 2 aliphatic heterocycles. The van der Waals surface area contributed by atoms with Gasteiger partial charge in [-0.05, 0) is 48.9 Å².